The van der Waals surface area contributed by atoms with Gasteiger partial charge in [0.15, 0.2) is 0 Å². The zero-order valence-corrected chi connectivity index (χ0v) is 15.3. The van der Waals surface area contributed by atoms with Gasteiger partial charge in [0.25, 0.3) is 0 Å². The van der Waals surface area contributed by atoms with Crippen molar-refractivity contribution in [1.29, 1.82) is 0 Å². The van der Waals surface area contributed by atoms with E-state index in [1.165, 1.54) is 10.6 Å². The number of piperazine rings is 1. The lowest BCUT2D eigenvalue weighted by atomic mass is 9.97. The molecule has 0 aliphatic carbocycles. The number of ether oxygens (including phenoxy) is 1. The number of nitrogens with zero attached hydrogens (tertiary/aromatic N) is 3. The number of hydrogen-bond donors (Lipinski definition) is 0. The second-order valence-electron chi connectivity index (χ2n) is 7.22. The van der Waals surface area contributed by atoms with Crippen LogP contribution in [0.4, 0.5) is 0 Å². The highest BCUT2D eigenvalue weighted by molar-refractivity contribution is 7.88. The molecule has 0 aromatic rings. The first kappa shape index (κ1) is 18.1. The first-order chi connectivity index (χ1) is 11.4. The van der Waals surface area contributed by atoms with Crippen LogP contribution in [0.2, 0.25) is 0 Å². The van der Waals surface area contributed by atoms with Crippen molar-refractivity contribution in [2.75, 3.05) is 58.7 Å². The van der Waals surface area contributed by atoms with Gasteiger partial charge in [-0.1, -0.05) is 0 Å². The number of amides is 1. The second-order valence-corrected chi connectivity index (χ2v) is 9.20. The van der Waals surface area contributed by atoms with E-state index in [0.29, 0.717) is 19.2 Å². The minimum Gasteiger partial charge on any atom is -0.377 e. The fourth-order valence-electron chi connectivity index (χ4n) is 3.93. The summed E-state index contributed by atoms with van der Waals surface area (Å²) in [6.07, 6.45) is 5.44. The molecule has 0 N–H and O–H groups in total. The number of rotatable bonds is 4. The summed E-state index contributed by atoms with van der Waals surface area (Å²) in [4.78, 5) is 17.0. The Balaban J connectivity index is 1.47. The van der Waals surface area contributed by atoms with Crippen LogP contribution in [0.3, 0.4) is 0 Å². The summed E-state index contributed by atoms with van der Waals surface area (Å²) in [5.74, 6) is -0.0571. The highest BCUT2D eigenvalue weighted by Gasteiger charge is 2.34. The molecule has 3 aliphatic heterocycles. The van der Waals surface area contributed by atoms with Crippen LogP contribution >= 0.6 is 0 Å². The van der Waals surface area contributed by atoms with E-state index >= 15 is 0 Å². The smallest absolute Gasteiger partial charge is 0.227 e. The number of piperidine rings is 1. The van der Waals surface area contributed by atoms with Crippen LogP contribution in [0, 0.1) is 5.92 Å². The van der Waals surface area contributed by atoms with Crippen LogP contribution < -0.4 is 0 Å². The summed E-state index contributed by atoms with van der Waals surface area (Å²) in [6.45, 7) is 5.96. The molecule has 3 aliphatic rings. The summed E-state index contributed by atoms with van der Waals surface area (Å²) in [5.41, 5.74) is 0. The molecule has 3 saturated heterocycles. The van der Waals surface area contributed by atoms with Crippen LogP contribution in [0.15, 0.2) is 0 Å². The van der Waals surface area contributed by atoms with Gasteiger partial charge in [0.2, 0.25) is 15.9 Å². The normalized spacial score (nSPS) is 30.6. The van der Waals surface area contributed by atoms with Crippen LogP contribution in [0.1, 0.15) is 25.7 Å². The molecule has 2 unspecified atom stereocenters. The number of hydrogen-bond acceptors (Lipinski definition) is 5. The largest absolute Gasteiger partial charge is 0.377 e. The van der Waals surface area contributed by atoms with Gasteiger partial charge in [0.05, 0.1) is 18.3 Å². The van der Waals surface area contributed by atoms with Gasteiger partial charge in [-0.15, -0.1) is 0 Å². The Morgan fingerprint density at radius 3 is 2.46 bits per heavy atom. The zero-order chi connectivity index (χ0) is 17.2. The van der Waals surface area contributed by atoms with Crippen molar-refractivity contribution in [2.24, 2.45) is 5.92 Å². The fraction of sp³-hybridized carbons (Fsp3) is 0.938. The van der Waals surface area contributed by atoms with Gasteiger partial charge >= 0.3 is 0 Å². The Labute approximate surface area is 145 Å². The van der Waals surface area contributed by atoms with E-state index in [4.69, 9.17) is 4.74 Å². The molecular weight excluding hydrogens is 330 g/mol. The Bertz CT molecular complexity index is 540. The van der Waals surface area contributed by atoms with Crippen LogP contribution in [0.25, 0.3) is 0 Å². The van der Waals surface area contributed by atoms with Gasteiger partial charge < -0.3 is 9.64 Å². The van der Waals surface area contributed by atoms with Gasteiger partial charge in [0, 0.05) is 52.4 Å². The molecule has 2 atom stereocenters. The molecule has 0 spiro atoms. The van der Waals surface area contributed by atoms with Crippen molar-refractivity contribution >= 4 is 15.9 Å². The van der Waals surface area contributed by atoms with E-state index in [-0.39, 0.29) is 11.8 Å². The number of carbonyl (C=O) groups is 1. The second kappa shape index (κ2) is 7.68. The summed E-state index contributed by atoms with van der Waals surface area (Å²) >= 11 is 0. The maximum atomic E-state index is 12.7. The lowest BCUT2D eigenvalue weighted by molar-refractivity contribution is -0.138. The molecular formula is C16H29N3O4S. The molecule has 0 bridgehead atoms. The van der Waals surface area contributed by atoms with E-state index in [9.17, 15) is 13.2 Å². The Morgan fingerprint density at radius 1 is 1.08 bits per heavy atom. The zero-order valence-electron chi connectivity index (χ0n) is 14.5. The van der Waals surface area contributed by atoms with Crippen LogP contribution in [-0.2, 0) is 19.6 Å². The van der Waals surface area contributed by atoms with Gasteiger partial charge in [0.1, 0.15) is 0 Å². The molecule has 0 saturated carbocycles. The van der Waals surface area contributed by atoms with Crippen LogP contribution in [-0.4, -0.2) is 93.2 Å². The molecule has 3 rings (SSSR count). The van der Waals surface area contributed by atoms with E-state index in [1.54, 1.807) is 0 Å². The van der Waals surface area contributed by atoms with Crippen molar-refractivity contribution in [2.45, 2.75) is 31.8 Å². The maximum Gasteiger partial charge on any atom is 0.227 e. The molecule has 7 nitrogen and oxygen atoms in total. The third-order valence-electron chi connectivity index (χ3n) is 5.37. The van der Waals surface area contributed by atoms with E-state index < -0.39 is 10.0 Å². The van der Waals surface area contributed by atoms with Gasteiger partial charge in [-0.3, -0.25) is 9.69 Å². The Kier molecular flexibility index (Phi) is 5.79. The number of sulfonamides is 1. The first-order valence-corrected chi connectivity index (χ1v) is 10.9. The predicted molar refractivity (Wildman–Crippen MR) is 91.1 cm³/mol. The maximum absolute atomic E-state index is 12.7. The number of carbonyl (C=O) groups excluding carboxylic acids is 1. The minimum atomic E-state index is -3.20. The Hall–Kier alpha value is -0.700. The van der Waals surface area contributed by atoms with Gasteiger partial charge in [-0.25, -0.2) is 12.7 Å². The summed E-state index contributed by atoms with van der Waals surface area (Å²) < 4.78 is 30.6. The summed E-state index contributed by atoms with van der Waals surface area (Å²) in [5, 5.41) is 0. The van der Waals surface area contributed by atoms with Crippen molar-refractivity contribution in [3.8, 4) is 0 Å². The molecule has 8 heteroatoms. The summed E-state index contributed by atoms with van der Waals surface area (Å²) in [6, 6.07) is 0. The molecule has 138 valence electrons. The fourth-order valence-corrected chi connectivity index (χ4v) is 4.84. The monoisotopic (exact) mass is 359 g/mol. The molecule has 0 radical (unpaired) electrons. The minimum absolute atomic E-state index is 0.125. The Morgan fingerprint density at radius 2 is 1.83 bits per heavy atom. The average Bonchev–Trinajstić information content (AvgIpc) is 3.07. The average molecular weight is 359 g/mol. The first-order valence-electron chi connectivity index (χ1n) is 9.01. The molecule has 0 aromatic heterocycles. The third kappa shape index (κ3) is 4.47. The lowest BCUT2D eigenvalue weighted by Gasteiger charge is -2.39. The standard InChI is InChI=1S/C16H29N3O4S/c1-24(21,22)19-6-2-4-14(12-19)16(20)18-9-7-17(8-10-18)13-15-5-3-11-23-15/h14-15H,2-13H2,1H3. The molecule has 24 heavy (non-hydrogen) atoms. The molecule has 0 aromatic carbocycles. The SMILES string of the molecule is CS(=O)(=O)N1CCCC(C(=O)N2CCN(CC3CCCO3)CC2)C1. The highest BCUT2D eigenvalue weighted by atomic mass is 32.2. The third-order valence-corrected chi connectivity index (χ3v) is 6.64. The van der Waals surface area contributed by atoms with Crippen molar-refractivity contribution in [3.05, 3.63) is 0 Å². The van der Waals surface area contributed by atoms with E-state index in [2.05, 4.69) is 4.90 Å². The molecule has 3 fully saturated rings. The van der Waals surface area contributed by atoms with Crippen molar-refractivity contribution < 1.29 is 17.9 Å². The van der Waals surface area contributed by atoms with Crippen molar-refractivity contribution in [1.82, 2.24) is 14.1 Å². The quantitative estimate of drug-likeness (QED) is 0.706. The highest BCUT2D eigenvalue weighted by Crippen LogP contribution is 2.22. The summed E-state index contributed by atoms with van der Waals surface area (Å²) in [7, 11) is -3.20. The van der Waals surface area contributed by atoms with Gasteiger partial charge in [-0.05, 0) is 25.7 Å². The lowest BCUT2D eigenvalue weighted by Crippen LogP contribution is -2.53. The topological polar surface area (TPSA) is 70.2 Å². The molecule has 3 heterocycles. The van der Waals surface area contributed by atoms with E-state index in [0.717, 1.165) is 65.0 Å². The van der Waals surface area contributed by atoms with Crippen LogP contribution in [0.5, 0.6) is 0 Å². The van der Waals surface area contributed by atoms with E-state index in [1.807, 2.05) is 4.90 Å². The molecule has 1 amide bonds. The van der Waals surface area contributed by atoms with Gasteiger partial charge in [-0.2, -0.15) is 0 Å². The van der Waals surface area contributed by atoms with Crippen molar-refractivity contribution in [3.63, 3.8) is 0 Å². The predicted octanol–water partition coefficient (Wildman–Crippen LogP) is -0.0188.